The first kappa shape index (κ1) is 8.95. The lowest BCUT2D eigenvalue weighted by Crippen LogP contribution is -2.11. The number of hydrogen-bond acceptors (Lipinski definition) is 2. The van der Waals surface area contributed by atoms with Gasteiger partial charge in [-0.25, -0.2) is 9.97 Å². The maximum atomic E-state index is 8.90. The molecule has 1 aliphatic rings. The van der Waals surface area contributed by atoms with Crippen LogP contribution in [0, 0.1) is 0 Å². The molecule has 0 aliphatic heterocycles. The van der Waals surface area contributed by atoms with Gasteiger partial charge in [0.05, 0.1) is 23.1 Å². The zero-order valence-corrected chi connectivity index (χ0v) is 8.46. The molecule has 76 valence electrons. The predicted octanol–water partition coefficient (Wildman–Crippen LogP) is 2.07. The Morgan fingerprint density at radius 1 is 1.12 bits per heavy atom. The summed E-state index contributed by atoms with van der Waals surface area (Å²) < 4.78 is 0. The lowest BCUT2D eigenvalue weighted by molar-refractivity contribution is -0.00643. The van der Waals surface area contributed by atoms with Crippen LogP contribution in [0.4, 0.5) is 0 Å². The summed E-state index contributed by atoms with van der Waals surface area (Å²) in [6.07, 6.45) is 4.42. The summed E-state index contributed by atoms with van der Waals surface area (Å²) in [4.78, 5) is 12.2. The van der Waals surface area contributed by atoms with E-state index in [-0.39, 0.29) is 0 Å². The first-order valence-electron chi connectivity index (χ1n) is 5.03. The Hall–Kier alpha value is -2.32. The molecule has 1 aromatic heterocycles. The fourth-order valence-electron chi connectivity index (χ4n) is 1.81. The van der Waals surface area contributed by atoms with Gasteiger partial charge in [-0.2, -0.15) is 4.79 Å². The normalized spacial score (nSPS) is 13.6. The minimum Gasteiger partial charge on any atom is -0.361 e. The number of para-hydroxylation sites is 2. The van der Waals surface area contributed by atoms with Crippen LogP contribution in [0.5, 0.6) is 0 Å². The molecule has 0 spiro atoms. The zero-order chi connectivity index (χ0) is 11.0. The molecule has 2 aromatic rings. The first-order chi connectivity index (χ1) is 7.88. The van der Waals surface area contributed by atoms with Crippen LogP contribution in [0.25, 0.3) is 22.6 Å². The Labute approximate surface area is 91.9 Å². The fourth-order valence-corrected chi connectivity index (χ4v) is 1.81. The minimum absolute atomic E-state index is 0.566. The summed E-state index contributed by atoms with van der Waals surface area (Å²) >= 11 is 0. The highest BCUT2D eigenvalue weighted by Gasteiger charge is 2.21. The molecule has 4 heteroatoms. The van der Waals surface area contributed by atoms with Crippen LogP contribution in [0.15, 0.2) is 30.3 Å². The largest absolute Gasteiger partial charge is 0.361 e. The van der Waals surface area contributed by atoms with E-state index < -0.39 is 0 Å². The van der Waals surface area contributed by atoms with Gasteiger partial charge in [-0.1, -0.05) is 18.2 Å². The highest BCUT2D eigenvalue weighted by molar-refractivity contribution is 6.02. The van der Waals surface area contributed by atoms with Crippen LogP contribution in [0.3, 0.4) is 0 Å². The van der Waals surface area contributed by atoms with Gasteiger partial charge in [-0.05, 0) is 18.2 Å². The maximum Gasteiger partial charge on any atom is 0.323 e. The van der Waals surface area contributed by atoms with Crippen molar-refractivity contribution in [3.05, 3.63) is 47.3 Å². The monoisotopic (exact) mass is 208 g/mol. The van der Waals surface area contributed by atoms with E-state index in [0.717, 1.165) is 16.7 Å². The van der Waals surface area contributed by atoms with Gasteiger partial charge >= 0.3 is 5.71 Å². The van der Waals surface area contributed by atoms with Gasteiger partial charge in [0, 0.05) is 0 Å². The molecular weight excluding hydrogens is 200 g/mol. The molecule has 0 N–H and O–H groups in total. The van der Waals surface area contributed by atoms with Crippen LogP contribution < -0.4 is 0 Å². The number of aromatic nitrogens is 2. The Balaban J connectivity index is 2.39. The molecule has 0 bridgehead atoms. The summed E-state index contributed by atoms with van der Waals surface area (Å²) in [6, 6.07) is 7.66. The summed E-state index contributed by atoms with van der Waals surface area (Å²) in [6.45, 7) is 0. The Morgan fingerprint density at radius 2 is 1.88 bits per heavy atom. The van der Waals surface area contributed by atoms with Crippen molar-refractivity contribution in [3.63, 3.8) is 0 Å². The smallest absolute Gasteiger partial charge is 0.323 e. The Kier molecular flexibility index (Phi) is 1.88. The maximum absolute atomic E-state index is 8.90. The quantitative estimate of drug-likeness (QED) is 0.491. The molecule has 0 saturated heterocycles. The lowest BCUT2D eigenvalue weighted by atomic mass is 10.1. The molecule has 0 unspecified atom stereocenters. The molecular formula is C12H8N4. The number of benzene rings is 1. The van der Waals surface area contributed by atoms with Crippen LogP contribution in [0.2, 0.25) is 0 Å². The van der Waals surface area contributed by atoms with Gasteiger partial charge in [0.1, 0.15) is 0 Å². The van der Waals surface area contributed by atoms with Gasteiger partial charge in [0.25, 0.3) is 0 Å². The van der Waals surface area contributed by atoms with Crippen LogP contribution in [-0.2, 0) is 0 Å². The Bertz CT molecular complexity index is 651. The van der Waals surface area contributed by atoms with E-state index in [0.29, 0.717) is 17.8 Å². The average Bonchev–Trinajstić information content (AvgIpc) is 2.35. The van der Waals surface area contributed by atoms with Gasteiger partial charge in [0.15, 0.2) is 5.69 Å². The number of nitrogens with zero attached hydrogens (tertiary/aromatic N) is 4. The minimum atomic E-state index is 0.566. The van der Waals surface area contributed by atoms with Crippen LogP contribution in [0.1, 0.15) is 17.8 Å². The third-order valence-corrected chi connectivity index (χ3v) is 2.58. The number of rotatable bonds is 0. The topological polar surface area (TPSA) is 62.2 Å². The molecule has 4 nitrogen and oxygen atoms in total. The molecule has 0 radical (unpaired) electrons. The second-order valence-corrected chi connectivity index (χ2v) is 3.60. The van der Waals surface area contributed by atoms with Crippen molar-refractivity contribution in [2.45, 2.75) is 6.42 Å². The number of allylic oxidation sites excluding steroid dienone is 1. The van der Waals surface area contributed by atoms with Gasteiger partial charge in [-0.3, -0.25) is 0 Å². The van der Waals surface area contributed by atoms with Crippen molar-refractivity contribution in [2.75, 3.05) is 0 Å². The van der Waals surface area contributed by atoms with Gasteiger partial charge in [0.2, 0.25) is 0 Å². The lowest BCUT2D eigenvalue weighted by Gasteiger charge is -2.06. The molecule has 0 saturated carbocycles. The van der Waals surface area contributed by atoms with Crippen molar-refractivity contribution in [2.24, 2.45) is 0 Å². The molecule has 0 amide bonds. The van der Waals surface area contributed by atoms with Crippen LogP contribution >= 0.6 is 0 Å². The second-order valence-electron chi connectivity index (χ2n) is 3.60. The average molecular weight is 208 g/mol. The van der Waals surface area contributed by atoms with Gasteiger partial charge in [-0.15, -0.1) is 0 Å². The van der Waals surface area contributed by atoms with E-state index in [1.807, 2.05) is 36.4 Å². The summed E-state index contributed by atoms with van der Waals surface area (Å²) in [5.74, 6) is 0. The van der Waals surface area contributed by atoms with E-state index in [4.69, 9.17) is 5.53 Å². The molecule has 0 atom stereocenters. The number of hydrogen-bond donors (Lipinski definition) is 0. The van der Waals surface area contributed by atoms with E-state index in [9.17, 15) is 0 Å². The predicted molar refractivity (Wildman–Crippen MR) is 60.9 cm³/mol. The second kappa shape index (κ2) is 3.36. The van der Waals surface area contributed by atoms with E-state index in [1.165, 1.54) is 0 Å². The van der Waals surface area contributed by atoms with Crippen molar-refractivity contribution in [1.82, 2.24) is 9.97 Å². The fraction of sp³-hybridized carbons (Fsp3) is 0.0833. The molecule has 1 heterocycles. The van der Waals surface area contributed by atoms with Crippen molar-refractivity contribution < 1.29 is 4.79 Å². The zero-order valence-electron chi connectivity index (χ0n) is 8.46. The molecule has 16 heavy (non-hydrogen) atoms. The molecule has 0 fully saturated rings. The van der Waals surface area contributed by atoms with E-state index in [2.05, 4.69) is 14.8 Å². The van der Waals surface area contributed by atoms with Crippen molar-refractivity contribution in [1.29, 1.82) is 0 Å². The highest BCUT2D eigenvalue weighted by atomic mass is 14.9. The van der Waals surface area contributed by atoms with E-state index in [1.54, 1.807) is 0 Å². The Morgan fingerprint density at radius 3 is 2.62 bits per heavy atom. The highest BCUT2D eigenvalue weighted by Crippen LogP contribution is 2.18. The van der Waals surface area contributed by atoms with Crippen molar-refractivity contribution >= 4 is 22.8 Å². The van der Waals surface area contributed by atoms with Gasteiger partial charge < -0.3 is 5.53 Å². The summed E-state index contributed by atoms with van der Waals surface area (Å²) in [5, 5.41) is 0. The third kappa shape index (κ3) is 1.25. The third-order valence-electron chi connectivity index (χ3n) is 2.58. The molecule has 1 aliphatic carbocycles. The summed E-state index contributed by atoms with van der Waals surface area (Å²) in [7, 11) is 0. The molecule has 1 aromatic carbocycles. The first-order valence-corrected chi connectivity index (χ1v) is 5.03. The summed E-state index contributed by atoms with van der Waals surface area (Å²) in [5.41, 5.74) is 12.6. The van der Waals surface area contributed by atoms with E-state index >= 15 is 0 Å². The van der Waals surface area contributed by atoms with Crippen LogP contribution in [-0.4, -0.2) is 20.5 Å². The SMILES string of the molecule is [N-]=[N+]=C1CC=Cc2nc3ccccc3nc21. The number of fused-ring (bicyclic) bond motifs is 2. The van der Waals surface area contributed by atoms with Crippen molar-refractivity contribution in [3.8, 4) is 0 Å². The molecule has 3 rings (SSSR count). The standard InChI is InChI=1S/C12H8N4/c13-16-11-7-3-6-10-12(11)15-9-5-2-1-4-8(9)14-10/h1-6H,7H2.